The predicted molar refractivity (Wildman–Crippen MR) is 118 cm³/mol. The summed E-state index contributed by atoms with van der Waals surface area (Å²) in [7, 11) is 0. The van der Waals surface area contributed by atoms with Crippen LogP contribution < -0.4 is 10.6 Å². The van der Waals surface area contributed by atoms with Gasteiger partial charge in [0.25, 0.3) is 0 Å². The minimum absolute atomic E-state index is 0.0493. The molecule has 158 valence electrons. The summed E-state index contributed by atoms with van der Waals surface area (Å²) in [5, 5.41) is 6.21. The average Bonchev–Trinajstić information content (AvgIpc) is 2.68. The van der Waals surface area contributed by atoms with Crippen molar-refractivity contribution >= 4 is 23.6 Å². The number of rotatable bonds is 8. The molecule has 0 aliphatic heterocycles. The smallest absolute Gasteiger partial charge is 0.242 e. The van der Waals surface area contributed by atoms with Gasteiger partial charge in [-0.3, -0.25) is 9.59 Å². The number of amides is 2. The van der Waals surface area contributed by atoms with Crippen LogP contribution in [0.15, 0.2) is 35.2 Å². The van der Waals surface area contributed by atoms with E-state index in [9.17, 15) is 9.59 Å². The Morgan fingerprint density at radius 1 is 1.03 bits per heavy atom. The first-order valence-corrected chi connectivity index (χ1v) is 12.2. The maximum Gasteiger partial charge on any atom is 0.242 e. The molecule has 4 fully saturated rings. The summed E-state index contributed by atoms with van der Waals surface area (Å²) < 4.78 is 0. The zero-order chi connectivity index (χ0) is 20.4. The normalized spacial score (nSPS) is 30.9. The molecule has 1 aromatic rings. The van der Waals surface area contributed by atoms with E-state index < -0.39 is 6.04 Å². The summed E-state index contributed by atoms with van der Waals surface area (Å²) in [6.45, 7) is 4.64. The fraction of sp³-hybridized carbons (Fsp3) is 0.667. The van der Waals surface area contributed by atoms with Crippen molar-refractivity contribution in [3.63, 3.8) is 0 Å². The Morgan fingerprint density at radius 3 is 2.17 bits per heavy atom. The molecule has 2 N–H and O–H groups in total. The van der Waals surface area contributed by atoms with Gasteiger partial charge >= 0.3 is 0 Å². The molecular weight excluding hydrogens is 380 g/mol. The SMILES string of the molecule is CC(C)[C@H](NC(=O)C12CC3CC(CC(C3)C1)C2)C(=O)NCCSc1ccccc1. The molecular formula is C24H34N2O2S. The molecule has 4 bridgehead atoms. The Hall–Kier alpha value is -1.49. The Kier molecular flexibility index (Phi) is 6.24. The highest BCUT2D eigenvalue weighted by molar-refractivity contribution is 7.99. The third-order valence-corrected chi connectivity index (χ3v) is 8.18. The number of nitrogens with one attached hydrogen (secondary N) is 2. The van der Waals surface area contributed by atoms with E-state index in [1.165, 1.54) is 24.2 Å². The van der Waals surface area contributed by atoms with Crippen LogP contribution in [-0.2, 0) is 9.59 Å². The fourth-order valence-electron chi connectivity index (χ4n) is 6.19. The first kappa shape index (κ1) is 20.8. The van der Waals surface area contributed by atoms with Crippen molar-refractivity contribution in [3.8, 4) is 0 Å². The molecule has 29 heavy (non-hydrogen) atoms. The van der Waals surface area contributed by atoms with E-state index in [0.29, 0.717) is 6.54 Å². The summed E-state index contributed by atoms with van der Waals surface area (Å²) in [5.41, 5.74) is -0.203. The van der Waals surface area contributed by atoms with Gasteiger partial charge in [0.1, 0.15) is 6.04 Å². The Morgan fingerprint density at radius 2 is 1.62 bits per heavy atom. The number of carbonyl (C=O) groups excluding carboxylic acids is 2. The first-order chi connectivity index (χ1) is 13.9. The molecule has 0 aromatic heterocycles. The van der Waals surface area contributed by atoms with Crippen LogP contribution >= 0.6 is 11.8 Å². The van der Waals surface area contributed by atoms with Crippen LogP contribution in [0.4, 0.5) is 0 Å². The molecule has 1 atom stereocenters. The Bertz CT molecular complexity index is 698. The Balaban J connectivity index is 1.30. The van der Waals surface area contributed by atoms with Gasteiger partial charge in [0.15, 0.2) is 0 Å². The molecule has 0 heterocycles. The summed E-state index contributed by atoms with van der Waals surface area (Å²) in [6, 6.07) is 9.76. The fourth-order valence-corrected chi connectivity index (χ4v) is 6.98. The van der Waals surface area contributed by atoms with E-state index in [0.717, 1.165) is 42.8 Å². The van der Waals surface area contributed by atoms with Crippen LogP contribution in [0.2, 0.25) is 0 Å². The van der Waals surface area contributed by atoms with Crippen LogP contribution in [0.1, 0.15) is 52.4 Å². The number of hydrogen-bond donors (Lipinski definition) is 2. The van der Waals surface area contributed by atoms with Crippen LogP contribution in [-0.4, -0.2) is 30.2 Å². The van der Waals surface area contributed by atoms with Crippen LogP contribution in [0.3, 0.4) is 0 Å². The van der Waals surface area contributed by atoms with Crippen LogP contribution in [0.25, 0.3) is 0 Å². The molecule has 1 aromatic carbocycles. The molecule has 2 amide bonds. The standard InChI is InChI=1S/C24H34N2O2S/c1-16(2)21(22(27)25-8-9-29-20-6-4-3-5-7-20)26-23(28)24-13-17-10-18(14-24)12-19(11-17)15-24/h3-7,16-19,21H,8-15H2,1-2H3,(H,25,27)(H,26,28)/t17?,18?,19?,21-,24?/m0/s1. The second-order valence-corrected chi connectivity index (χ2v) is 11.0. The molecule has 0 radical (unpaired) electrons. The molecule has 4 aliphatic rings. The van der Waals surface area contributed by atoms with Crippen molar-refractivity contribution in [2.24, 2.45) is 29.1 Å². The topological polar surface area (TPSA) is 58.2 Å². The molecule has 4 saturated carbocycles. The number of hydrogen-bond acceptors (Lipinski definition) is 3. The van der Waals surface area contributed by atoms with Crippen molar-refractivity contribution in [2.45, 2.75) is 63.3 Å². The van der Waals surface area contributed by atoms with E-state index in [4.69, 9.17) is 0 Å². The lowest BCUT2D eigenvalue weighted by Crippen LogP contribution is -2.58. The van der Waals surface area contributed by atoms with E-state index in [1.54, 1.807) is 11.8 Å². The van der Waals surface area contributed by atoms with Crippen LogP contribution in [0, 0.1) is 29.1 Å². The summed E-state index contributed by atoms with van der Waals surface area (Å²) in [5.74, 6) is 3.18. The minimum Gasteiger partial charge on any atom is -0.353 e. The molecule has 0 saturated heterocycles. The second kappa shape index (κ2) is 8.71. The lowest BCUT2D eigenvalue weighted by molar-refractivity contribution is -0.149. The Labute approximate surface area is 179 Å². The van der Waals surface area contributed by atoms with Crippen molar-refractivity contribution in [1.29, 1.82) is 0 Å². The highest BCUT2D eigenvalue weighted by Crippen LogP contribution is 2.60. The maximum absolute atomic E-state index is 13.3. The number of benzene rings is 1. The second-order valence-electron chi connectivity index (χ2n) is 9.85. The van der Waals surface area contributed by atoms with Gasteiger partial charge in [-0.15, -0.1) is 11.8 Å². The van der Waals surface area contributed by atoms with Gasteiger partial charge < -0.3 is 10.6 Å². The highest BCUT2D eigenvalue weighted by atomic mass is 32.2. The highest BCUT2D eigenvalue weighted by Gasteiger charge is 2.55. The van der Waals surface area contributed by atoms with E-state index in [-0.39, 0.29) is 23.1 Å². The van der Waals surface area contributed by atoms with Gasteiger partial charge in [0.2, 0.25) is 11.8 Å². The van der Waals surface area contributed by atoms with Crippen molar-refractivity contribution in [2.75, 3.05) is 12.3 Å². The molecule has 4 aliphatic carbocycles. The lowest BCUT2D eigenvalue weighted by Gasteiger charge is -2.55. The number of thioether (sulfide) groups is 1. The van der Waals surface area contributed by atoms with E-state index in [1.807, 2.05) is 32.0 Å². The lowest BCUT2D eigenvalue weighted by atomic mass is 9.49. The van der Waals surface area contributed by atoms with Crippen molar-refractivity contribution in [3.05, 3.63) is 30.3 Å². The van der Waals surface area contributed by atoms with Crippen LogP contribution in [0.5, 0.6) is 0 Å². The van der Waals surface area contributed by atoms with Crippen molar-refractivity contribution in [1.82, 2.24) is 10.6 Å². The molecule has 0 spiro atoms. The minimum atomic E-state index is -0.447. The summed E-state index contributed by atoms with van der Waals surface area (Å²) >= 11 is 1.73. The molecule has 5 rings (SSSR count). The number of carbonyl (C=O) groups is 2. The van der Waals surface area contributed by atoms with Gasteiger partial charge in [-0.05, 0) is 74.3 Å². The summed E-state index contributed by atoms with van der Waals surface area (Å²) in [6.07, 6.45) is 7.06. The van der Waals surface area contributed by atoms with E-state index in [2.05, 4.69) is 22.8 Å². The first-order valence-electron chi connectivity index (χ1n) is 11.2. The maximum atomic E-state index is 13.3. The zero-order valence-electron chi connectivity index (χ0n) is 17.7. The molecule has 4 nitrogen and oxygen atoms in total. The third-order valence-electron chi connectivity index (χ3n) is 7.17. The average molecular weight is 415 g/mol. The summed E-state index contributed by atoms with van der Waals surface area (Å²) in [4.78, 5) is 27.4. The van der Waals surface area contributed by atoms with Gasteiger partial charge in [-0.1, -0.05) is 32.0 Å². The molecule has 0 unspecified atom stereocenters. The largest absolute Gasteiger partial charge is 0.353 e. The van der Waals surface area contributed by atoms with E-state index >= 15 is 0 Å². The zero-order valence-corrected chi connectivity index (χ0v) is 18.5. The van der Waals surface area contributed by atoms with Gasteiger partial charge in [0, 0.05) is 22.6 Å². The third kappa shape index (κ3) is 4.65. The molecule has 5 heteroatoms. The quantitative estimate of drug-likeness (QED) is 0.494. The van der Waals surface area contributed by atoms with Gasteiger partial charge in [-0.2, -0.15) is 0 Å². The monoisotopic (exact) mass is 414 g/mol. The van der Waals surface area contributed by atoms with Crippen molar-refractivity contribution < 1.29 is 9.59 Å². The van der Waals surface area contributed by atoms with Gasteiger partial charge in [0.05, 0.1) is 0 Å². The van der Waals surface area contributed by atoms with Gasteiger partial charge in [-0.25, -0.2) is 0 Å². The predicted octanol–water partition coefficient (Wildman–Crippen LogP) is 4.25.